The van der Waals surface area contributed by atoms with Gasteiger partial charge in [0.25, 0.3) is 0 Å². The highest BCUT2D eigenvalue weighted by atomic mass is 35.5. The number of ether oxygens (including phenoxy) is 1. The summed E-state index contributed by atoms with van der Waals surface area (Å²) >= 11 is 18.6. The number of hydrogen-bond donors (Lipinski definition) is 0. The molecule has 0 fully saturated rings. The number of carbonyl (C=O) groups excluding carboxylic acids is 1. The SMILES string of the molecule is CC(C)(C)OC(=O)CSc1nc(Cl)c(Cl)cc1Cl. The summed E-state index contributed by atoms with van der Waals surface area (Å²) in [5, 5.41) is 1.26. The van der Waals surface area contributed by atoms with Crippen molar-refractivity contribution in [3.05, 3.63) is 21.3 Å². The number of halogens is 3. The van der Waals surface area contributed by atoms with Gasteiger partial charge in [0.15, 0.2) is 0 Å². The summed E-state index contributed by atoms with van der Waals surface area (Å²) in [6.07, 6.45) is 0. The molecule has 18 heavy (non-hydrogen) atoms. The number of pyridine rings is 1. The van der Waals surface area contributed by atoms with Crippen molar-refractivity contribution in [3.8, 4) is 0 Å². The molecule has 0 spiro atoms. The molecule has 1 aromatic rings. The summed E-state index contributed by atoms with van der Waals surface area (Å²) in [5.41, 5.74) is -0.507. The maximum Gasteiger partial charge on any atom is 0.316 e. The molecule has 0 aliphatic carbocycles. The van der Waals surface area contributed by atoms with Crippen molar-refractivity contribution in [2.24, 2.45) is 0 Å². The van der Waals surface area contributed by atoms with E-state index < -0.39 is 5.60 Å². The zero-order valence-corrected chi connectivity index (χ0v) is 13.2. The molecule has 100 valence electrons. The lowest BCUT2D eigenvalue weighted by molar-refractivity contribution is -0.151. The number of thioether (sulfide) groups is 1. The van der Waals surface area contributed by atoms with Gasteiger partial charge in [0.2, 0.25) is 0 Å². The number of esters is 1. The Bertz CT molecular complexity index is 460. The molecule has 0 saturated heterocycles. The van der Waals surface area contributed by atoms with E-state index in [4.69, 9.17) is 39.5 Å². The van der Waals surface area contributed by atoms with Crippen LogP contribution in [0.3, 0.4) is 0 Å². The molecule has 1 rings (SSSR count). The van der Waals surface area contributed by atoms with E-state index in [0.29, 0.717) is 10.0 Å². The zero-order valence-electron chi connectivity index (χ0n) is 10.1. The highest BCUT2D eigenvalue weighted by Crippen LogP contribution is 2.31. The van der Waals surface area contributed by atoms with E-state index in [1.165, 1.54) is 6.07 Å². The van der Waals surface area contributed by atoms with Gasteiger partial charge in [-0.3, -0.25) is 4.79 Å². The maximum atomic E-state index is 11.5. The average molecular weight is 329 g/mol. The van der Waals surface area contributed by atoms with E-state index in [9.17, 15) is 4.79 Å². The molecule has 1 aromatic heterocycles. The minimum Gasteiger partial charge on any atom is -0.459 e. The van der Waals surface area contributed by atoms with Crippen LogP contribution in [0.25, 0.3) is 0 Å². The summed E-state index contributed by atoms with van der Waals surface area (Å²) < 4.78 is 5.16. The van der Waals surface area contributed by atoms with Crippen molar-refractivity contribution in [1.82, 2.24) is 4.98 Å². The summed E-state index contributed by atoms with van der Waals surface area (Å²) in [7, 11) is 0. The average Bonchev–Trinajstić information content (AvgIpc) is 2.19. The number of aromatic nitrogens is 1. The molecule has 0 amide bonds. The smallest absolute Gasteiger partial charge is 0.316 e. The Labute approximate surface area is 125 Å². The molecule has 0 aliphatic rings. The predicted molar refractivity (Wildman–Crippen MR) is 75.8 cm³/mol. The van der Waals surface area contributed by atoms with Gasteiger partial charge in [-0.15, -0.1) is 0 Å². The number of rotatable bonds is 3. The fraction of sp³-hybridized carbons (Fsp3) is 0.455. The molecule has 0 aliphatic heterocycles. The van der Waals surface area contributed by atoms with Crippen LogP contribution in [0.2, 0.25) is 15.2 Å². The van der Waals surface area contributed by atoms with Crippen molar-refractivity contribution in [2.75, 3.05) is 5.75 Å². The van der Waals surface area contributed by atoms with Gasteiger partial charge >= 0.3 is 5.97 Å². The minimum absolute atomic E-state index is 0.113. The lowest BCUT2D eigenvalue weighted by atomic mass is 10.2. The van der Waals surface area contributed by atoms with E-state index in [-0.39, 0.29) is 21.9 Å². The molecule has 0 saturated carbocycles. The van der Waals surface area contributed by atoms with Crippen LogP contribution in [0.1, 0.15) is 20.8 Å². The Kier molecular flexibility index (Phi) is 5.59. The van der Waals surface area contributed by atoms with Crippen molar-refractivity contribution < 1.29 is 9.53 Å². The highest BCUT2D eigenvalue weighted by molar-refractivity contribution is 8.00. The van der Waals surface area contributed by atoms with Crippen LogP contribution in [0.15, 0.2) is 11.1 Å². The normalized spacial score (nSPS) is 11.4. The first kappa shape index (κ1) is 15.9. The zero-order chi connectivity index (χ0) is 13.9. The van der Waals surface area contributed by atoms with Gasteiger partial charge in [0.05, 0.1) is 15.8 Å². The topological polar surface area (TPSA) is 39.2 Å². The quantitative estimate of drug-likeness (QED) is 0.466. The molecule has 0 atom stereocenters. The van der Waals surface area contributed by atoms with Crippen molar-refractivity contribution >= 4 is 52.5 Å². The van der Waals surface area contributed by atoms with Crippen molar-refractivity contribution in [1.29, 1.82) is 0 Å². The molecule has 1 heterocycles. The lowest BCUT2D eigenvalue weighted by Gasteiger charge is -2.19. The van der Waals surface area contributed by atoms with Crippen LogP contribution >= 0.6 is 46.6 Å². The second-order valence-corrected chi connectivity index (χ2v) is 6.56. The first-order valence-corrected chi connectivity index (χ1v) is 7.17. The molecule has 3 nitrogen and oxygen atoms in total. The first-order chi connectivity index (χ1) is 8.19. The molecule has 0 N–H and O–H groups in total. The fourth-order valence-corrected chi connectivity index (χ4v) is 2.41. The molecular formula is C11H12Cl3NO2S. The third-order valence-corrected chi connectivity index (χ3v) is 3.64. The van der Waals surface area contributed by atoms with Gasteiger partial charge < -0.3 is 4.74 Å². The summed E-state index contributed by atoms with van der Waals surface area (Å²) in [5.74, 6) is -0.224. The van der Waals surface area contributed by atoms with Crippen molar-refractivity contribution in [2.45, 2.75) is 31.4 Å². The van der Waals surface area contributed by atoms with Crippen LogP contribution in [0.5, 0.6) is 0 Å². The Morgan fingerprint density at radius 3 is 2.50 bits per heavy atom. The number of nitrogens with zero attached hydrogens (tertiary/aromatic N) is 1. The Hall–Kier alpha value is -0.160. The number of hydrogen-bond acceptors (Lipinski definition) is 4. The second kappa shape index (κ2) is 6.33. The molecule has 0 aromatic carbocycles. The lowest BCUT2D eigenvalue weighted by Crippen LogP contribution is -2.24. The Balaban J connectivity index is 2.64. The maximum absolute atomic E-state index is 11.5. The van der Waals surface area contributed by atoms with Gasteiger partial charge in [-0.05, 0) is 26.8 Å². The fourth-order valence-electron chi connectivity index (χ4n) is 1.03. The van der Waals surface area contributed by atoms with E-state index in [0.717, 1.165) is 11.8 Å². The minimum atomic E-state index is -0.507. The standard InChI is InChI=1S/C11H12Cl3NO2S/c1-11(2,3)17-8(16)5-18-10-7(13)4-6(12)9(14)15-10/h4H,5H2,1-3H3. The molecule has 0 unspecified atom stereocenters. The Morgan fingerprint density at radius 2 is 1.94 bits per heavy atom. The van der Waals surface area contributed by atoms with Crippen molar-refractivity contribution in [3.63, 3.8) is 0 Å². The largest absolute Gasteiger partial charge is 0.459 e. The van der Waals surface area contributed by atoms with E-state index in [2.05, 4.69) is 4.98 Å². The van der Waals surface area contributed by atoms with Crippen LogP contribution in [0.4, 0.5) is 0 Å². The highest BCUT2D eigenvalue weighted by Gasteiger charge is 2.17. The van der Waals surface area contributed by atoms with E-state index in [1.807, 2.05) is 0 Å². The molecular weight excluding hydrogens is 317 g/mol. The van der Waals surface area contributed by atoms with Crippen LogP contribution in [-0.2, 0) is 9.53 Å². The molecule has 7 heteroatoms. The number of carbonyl (C=O) groups is 1. The van der Waals surface area contributed by atoms with Gasteiger partial charge in [0, 0.05) is 0 Å². The van der Waals surface area contributed by atoms with E-state index >= 15 is 0 Å². The van der Waals surface area contributed by atoms with E-state index in [1.54, 1.807) is 20.8 Å². The second-order valence-electron chi connectivity index (χ2n) is 4.42. The molecule has 0 radical (unpaired) electrons. The first-order valence-electron chi connectivity index (χ1n) is 5.05. The predicted octanol–water partition coefficient (Wildman–Crippen LogP) is 4.48. The van der Waals surface area contributed by atoms with Gasteiger partial charge in [-0.2, -0.15) is 0 Å². The van der Waals surface area contributed by atoms with Gasteiger partial charge in [-0.25, -0.2) is 4.98 Å². The van der Waals surface area contributed by atoms with Crippen LogP contribution in [0, 0.1) is 0 Å². The summed E-state index contributed by atoms with van der Waals surface area (Å²) in [4.78, 5) is 15.5. The van der Waals surface area contributed by atoms with Gasteiger partial charge in [0.1, 0.15) is 15.8 Å². The third-order valence-electron chi connectivity index (χ3n) is 1.60. The third kappa shape index (κ3) is 5.22. The summed E-state index contributed by atoms with van der Waals surface area (Å²) in [6.45, 7) is 5.42. The summed E-state index contributed by atoms with van der Waals surface area (Å²) in [6, 6.07) is 1.50. The van der Waals surface area contributed by atoms with Crippen LogP contribution < -0.4 is 0 Å². The van der Waals surface area contributed by atoms with Gasteiger partial charge in [-0.1, -0.05) is 46.6 Å². The Morgan fingerprint density at radius 1 is 1.33 bits per heavy atom. The monoisotopic (exact) mass is 327 g/mol. The van der Waals surface area contributed by atoms with Crippen LogP contribution in [-0.4, -0.2) is 22.3 Å². The molecule has 0 bridgehead atoms.